The first kappa shape index (κ1) is 28.1. The van der Waals surface area contributed by atoms with E-state index in [1.165, 1.54) is 25.3 Å². The molecular weight excluding hydrogens is 527 g/mol. The Balaban J connectivity index is 1.68. The van der Waals surface area contributed by atoms with Gasteiger partial charge in [-0.25, -0.2) is 9.60 Å². The minimum absolute atomic E-state index is 0.00712. The smallest absolute Gasteiger partial charge is 0.357 e. The predicted octanol–water partition coefficient (Wildman–Crippen LogP) is 4.55. The summed E-state index contributed by atoms with van der Waals surface area (Å²) in [6.07, 6.45) is -12.4. The van der Waals surface area contributed by atoms with E-state index in [-0.39, 0.29) is 25.8 Å². The van der Waals surface area contributed by atoms with Crippen LogP contribution in [0.2, 0.25) is 0 Å². The minimum Gasteiger partial charge on any atom is -0.357 e. The second kappa shape index (κ2) is 10.3. The van der Waals surface area contributed by atoms with Crippen LogP contribution >= 0.6 is 0 Å². The van der Waals surface area contributed by atoms with Crippen LogP contribution < -0.4 is 10.6 Å². The lowest BCUT2D eigenvalue weighted by molar-refractivity contribution is -1.13. The molecule has 4 rings (SSSR count). The average molecular weight is 552 g/mol. The Morgan fingerprint density at radius 2 is 1.66 bits per heavy atom. The van der Waals surface area contributed by atoms with Gasteiger partial charge in [-0.05, 0) is 55.0 Å². The van der Waals surface area contributed by atoms with E-state index in [1.807, 2.05) is 0 Å². The van der Waals surface area contributed by atoms with Gasteiger partial charge in [0, 0.05) is 11.8 Å². The third-order valence-electron chi connectivity index (χ3n) is 6.35. The molecule has 1 fully saturated rings. The van der Waals surface area contributed by atoms with E-state index in [2.05, 4.69) is 10.6 Å². The summed E-state index contributed by atoms with van der Waals surface area (Å²) in [4.78, 5) is 0. The molecule has 0 radical (unpaired) electrons. The number of halogens is 7. The molecule has 2 aromatic rings. The zero-order chi connectivity index (χ0) is 27.9. The van der Waals surface area contributed by atoms with Crippen LogP contribution in [-0.4, -0.2) is 47.3 Å². The Labute approximate surface area is 212 Å². The van der Waals surface area contributed by atoms with Crippen molar-refractivity contribution in [2.75, 3.05) is 19.7 Å². The zero-order valence-electron chi connectivity index (χ0n) is 19.9. The number of ether oxygens (including phenoxy) is 2. The Morgan fingerprint density at radius 1 is 1.05 bits per heavy atom. The van der Waals surface area contributed by atoms with Crippen molar-refractivity contribution in [3.05, 3.63) is 82.4 Å². The van der Waals surface area contributed by atoms with Crippen molar-refractivity contribution in [1.29, 1.82) is 0 Å². The maximum Gasteiger partial charge on any atom is 0.416 e. The zero-order valence-corrected chi connectivity index (χ0v) is 19.9. The first-order chi connectivity index (χ1) is 17.7. The van der Waals surface area contributed by atoms with Gasteiger partial charge in [-0.15, -0.1) is 0 Å². The van der Waals surface area contributed by atoms with Crippen LogP contribution in [0, 0.1) is 5.82 Å². The van der Waals surface area contributed by atoms with E-state index < -0.39 is 64.3 Å². The highest BCUT2D eigenvalue weighted by Crippen LogP contribution is 2.41. The summed E-state index contributed by atoms with van der Waals surface area (Å²) in [5.41, 5.74) is -2.63. The lowest BCUT2D eigenvalue weighted by atomic mass is 10.00. The highest BCUT2D eigenvalue weighted by molar-refractivity contribution is 5.34. The average Bonchev–Trinajstić information content (AvgIpc) is 3.22. The van der Waals surface area contributed by atoms with Gasteiger partial charge in [-0.3, -0.25) is 0 Å². The molecule has 0 aliphatic carbocycles. The number of quaternary nitrogens is 1. The molecule has 2 aromatic carbocycles. The van der Waals surface area contributed by atoms with Crippen molar-refractivity contribution in [3.63, 3.8) is 0 Å². The molecule has 0 bridgehead atoms. The van der Waals surface area contributed by atoms with E-state index in [9.17, 15) is 41.0 Å². The number of aliphatic hydroxyl groups is 1. The maximum absolute atomic E-state index is 13.6. The van der Waals surface area contributed by atoms with Crippen molar-refractivity contribution in [3.8, 4) is 0 Å². The van der Waals surface area contributed by atoms with Crippen LogP contribution in [0.5, 0.6) is 0 Å². The second-order valence-corrected chi connectivity index (χ2v) is 9.11. The van der Waals surface area contributed by atoms with Crippen LogP contribution in [0.15, 0.2) is 54.4 Å². The molecule has 0 spiro atoms. The SMILES string of the molecule is C[C@@H](O[C@H]1OCC[N+](O)(CC2=CNC(O)N2)[C@H]1c1ccc(F)cc1)c1cc(C(F)(F)F)cc(C(F)(F)F)c1. The van der Waals surface area contributed by atoms with Gasteiger partial charge in [0.05, 0.1) is 22.9 Å². The number of hydrogen-bond acceptors (Lipinski definition) is 6. The molecule has 5 atom stereocenters. The van der Waals surface area contributed by atoms with Crippen LogP contribution in [0.3, 0.4) is 0 Å². The van der Waals surface area contributed by atoms with E-state index in [0.29, 0.717) is 23.4 Å². The molecule has 14 heteroatoms. The monoisotopic (exact) mass is 552 g/mol. The number of morpholine rings is 1. The van der Waals surface area contributed by atoms with Gasteiger partial charge in [0.15, 0.2) is 12.6 Å². The molecule has 2 aliphatic heterocycles. The number of alkyl halides is 6. The summed E-state index contributed by atoms with van der Waals surface area (Å²) in [5.74, 6) is -0.566. The van der Waals surface area contributed by atoms with Crippen molar-refractivity contribution < 1.29 is 55.2 Å². The fraction of sp³-hybridized carbons (Fsp3) is 0.417. The van der Waals surface area contributed by atoms with E-state index in [0.717, 1.165) is 12.1 Å². The normalized spacial score (nSPS) is 26.9. The summed E-state index contributed by atoms with van der Waals surface area (Å²) < 4.78 is 105. The number of rotatable bonds is 6. The van der Waals surface area contributed by atoms with Crippen molar-refractivity contribution >= 4 is 0 Å². The van der Waals surface area contributed by atoms with Crippen LogP contribution in [-0.2, 0) is 21.8 Å². The third-order valence-corrected chi connectivity index (χ3v) is 6.35. The summed E-state index contributed by atoms with van der Waals surface area (Å²) in [6.45, 7) is 1.09. The molecule has 1 saturated heterocycles. The molecule has 2 aliphatic rings. The molecule has 0 amide bonds. The molecular formula is C24H25F7N3O4+. The van der Waals surface area contributed by atoms with Crippen molar-refractivity contribution in [2.24, 2.45) is 0 Å². The summed E-state index contributed by atoms with van der Waals surface area (Å²) in [7, 11) is 0. The molecule has 2 unspecified atom stereocenters. The minimum atomic E-state index is -5.04. The van der Waals surface area contributed by atoms with E-state index in [1.54, 1.807) is 0 Å². The Bertz CT molecular complexity index is 1140. The molecule has 2 heterocycles. The number of aliphatic hydroxyl groups excluding tert-OH is 1. The van der Waals surface area contributed by atoms with Crippen molar-refractivity contribution in [1.82, 2.24) is 10.6 Å². The summed E-state index contributed by atoms with van der Waals surface area (Å²) in [6, 6.07) is 5.08. The van der Waals surface area contributed by atoms with Gasteiger partial charge in [-0.1, -0.05) is 0 Å². The Kier molecular flexibility index (Phi) is 7.65. The maximum atomic E-state index is 13.6. The number of nitrogens with zero attached hydrogens (tertiary/aromatic N) is 1. The number of benzene rings is 2. The van der Waals surface area contributed by atoms with Gasteiger partial charge in [0.1, 0.15) is 19.0 Å². The first-order valence-electron chi connectivity index (χ1n) is 11.5. The number of nitrogens with one attached hydrogen (secondary N) is 2. The molecule has 0 aromatic heterocycles. The van der Waals surface area contributed by atoms with Gasteiger partial charge in [0.25, 0.3) is 0 Å². The molecule has 208 valence electrons. The Morgan fingerprint density at radius 3 is 2.18 bits per heavy atom. The lowest BCUT2D eigenvalue weighted by Crippen LogP contribution is -2.60. The van der Waals surface area contributed by atoms with Gasteiger partial charge < -0.3 is 25.2 Å². The van der Waals surface area contributed by atoms with Gasteiger partial charge in [-0.2, -0.15) is 31.0 Å². The number of hydroxylamine groups is 3. The highest BCUT2D eigenvalue weighted by atomic mass is 19.4. The van der Waals surface area contributed by atoms with E-state index >= 15 is 0 Å². The summed E-state index contributed by atoms with van der Waals surface area (Å²) in [5, 5.41) is 26.6. The standard InChI is InChI=1S/C24H25F7N3O4/c1-13(15-8-16(23(26,27)28)10-17(9-15)24(29,30)31)38-21-20(14-2-4-18(25)5-3-14)34(36,6-7-37-21)12-19-11-32-22(35)33-19/h2-5,8-11,13,20-22,32-33,35-36H,6-7,12H2,1H3/q+1/t13-,20+,21-,22?,34?/m1/s1. The van der Waals surface area contributed by atoms with Crippen LogP contribution in [0.25, 0.3) is 0 Å². The van der Waals surface area contributed by atoms with E-state index in [4.69, 9.17) is 9.47 Å². The topological polar surface area (TPSA) is 83.0 Å². The molecule has 38 heavy (non-hydrogen) atoms. The van der Waals surface area contributed by atoms with Crippen LogP contribution in [0.1, 0.15) is 41.3 Å². The van der Waals surface area contributed by atoms with Crippen LogP contribution in [0.4, 0.5) is 30.7 Å². The fourth-order valence-corrected chi connectivity index (χ4v) is 4.49. The highest BCUT2D eigenvalue weighted by Gasteiger charge is 2.50. The molecule has 4 N–H and O–H groups in total. The third kappa shape index (κ3) is 6.21. The quantitative estimate of drug-likeness (QED) is 0.311. The van der Waals surface area contributed by atoms with Gasteiger partial charge >= 0.3 is 12.4 Å². The Hall–Kier alpha value is -2.91. The number of hydrogen-bond donors (Lipinski definition) is 4. The second-order valence-electron chi connectivity index (χ2n) is 9.11. The fourth-order valence-electron chi connectivity index (χ4n) is 4.49. The van der Waals surface area contributed by atoms with Gasteiger partial charge in [0.2, 0.25) is 12.6 Å². The first-order valence-corrected chi connectivity index (χ1v) is 11.5. The lowest BCUT2D eigenvalue weighted by Gasteiger charge is -2.45. The largest absolute Gasteiger partial charge is 0.416 e. The predicted molar refractivity (Wildman–Crippen MR) is 117 cm³/mol. The molecule has 7 nitrogen and oxygen atoms in total. The molecule has 0 saturated carbocycles. The summed E-state index contributed by atoms with van der Waals surface area (Å²) >= 11 is 0. The van der Waals surface area contributed by atoms with Crippen molar-refractivity contribution in [2.45, 2.75) is 44.1 Å².